The van der Waals surface area contributed by atoms with Crippen molar-refractivity contribution in [1.82, 2.24) is 5.43 Å². The van der Waals surface area contributed by atoms with Crippen molar-refractivity contribution in [2.45, 2.75) is 38.1 Å². The van der Waals surface area contributed by atoms with Gasteiger partial charge in [0.25, 0.3) is 0 Å². The maximum Gasteiger partial charge on any atom is 0.0710 e. The van der Waals surface area contributed by atoms with Gasteiger partial charge >= 0.3 is 0 Å². The van der Waals surface area contributed by atoms with Gasteiger partial charge in [0.1, 0.15) is 0 Å². The summed E-state index contributed by atoms with van der Waals surface area (Å²) >= 11 is 3.61. The zero-order valence-electron chi connectivity index (χ0n) is 12.3. The third-order valence-electron chi connectivity index (χ3n) is 4.52. The lowest BCUT2D eigenvalue weighted by atomic mass is 9.79. The molecule has 0 saturated heterocycles. The van der Waals surface area contributed by atoms with E-state index in [4.69, 9.17) is 5.84 Å². The van der Waals surface area contributed by atoms with Gasteiger partial charge in [-0.3, -0.25) is 5.84 Å². The van der Waals surface area contributed by atoms with Crippen molar-refractivity contribution < 1.29 is 0 Å². The Morgan fingerprint density at radius 1 is 1.14 bits per heavy atom. The number of nitrogens with one attached hydrogen (secondary N) is 1. The molecule has 1 aliphatic rings. The first-order valence-corrected chi connectivity index (χ1v) is 8.30. The van der Waals surface area contributed by atoms with Gasteiger partial charge in [0.2, 0.25) is 0 Å². The number of hydrazine groups is 1. The third-order valence-corrected chi connectivity index (χ3v) is 5.37. The van der Waals surface area contributed by atoms with Gasteiger partial charge in [-0.05, 0) is 54.0 Å². The van der Waals surface area contributed by atoms with Crippen LogP contribution in [0.2, 0.25) is 0 Å². The van der Waals surface area contributed by atoms with E-state index < -0.39 is 0 Å². The van der Waals surface area contributed by atoms with Crippen LogP contribution in [0.1, 0.15) is 53.5 Å². The molecule has 1 saturated carbocycles. The minimum Gasteiger partial charge on any atom is -0.271 e. The van der Waals surface area contributed by atoms with E-state index in [0.717, 1.165) is 10.4 Å². The maximum atomic E-state index is 5.83. The largest absolute Gasteiger partial charge is 0.271 e. The lowest BCUT2D eigenvalue weighted by Gasteiger charge is -2.27. The zero-order chi connectivity index (χ0) is 14.8. The molecule has 2 aromatic carbocycles. The van der Waals surface area contributed by atoms with E-state index in [1.165, 1.54) is 41.5 Å². The van der Waals surface area contributed by atoms with E-state index in [9.17, 15) is 0 Å². The second-order valence-corrected chi connectivity index (χ2v) is 6.76. The van der Waals surface area contributed by atoms with Gasteiger partial charge in [0, 0.05) is 4.47 Å². The quantitative estimate of drug-likeness (QED) is 0.629. The molecule has 0 spiro atoms. The van der Waals surface area contributed by atoms with Crippen LogP contribution in [0.25, 0.3) is 0 Å². The van der Waals surface area contributed by atoms with Crippen LogP contribution in [0.15, 0.2) is 46.9 Å². The van der Waals surface area contributed by atoms with Gasteiger partial charge in [0.05, 0.1) is 6.04 Å². The molecule has 1 unspecified atom stereocenters. The first-order valence-electron chi connectivity index (χ1n) is 7.51. The molecule has 0 radical (unpaired) electrons. The Labute approximate surface area is 134 Å². The minimum absolute atomic E-state index is 0.0296. The Bertz CT molecular complexity index is 635. The van der Waals surface area contributed by atoms with Gasteiger partial charge in [-0.25, -0.2) is 5.43 Å². The van der Waals surface area contributed by atoms with Crippen LogP contribution in [0.4, 0.5) is 0 Å². The molecule has 3 heteroatoms. The van der Waals surface area contributed by atoms with Gasteiger partial charge in [0.15, 0.2) is 0 Å². The smallest absolute Gasteiger partial charge is 0.0710 e. The molecule has 3 rings (SSSR count). The summed E-state index contributed by atoms with van der Waals surface area (Å²) in [6.45, 7) is 2.09. The number of halogens is 1. The van der Waals surface area contributed by atoms with Crippen LogP contribution in [0, 0.1) is 6.92 Å². The second kappa shape index (κ2) is 6.30. The van der Waals surface area contributed by atoms with Crippen LogP contribution in [0.5, 0.6) is 0 Å². The Hall–Kier alpha value is -1.16. The molecular weight excluding hydrogens is 324 g/mol. The molecule has 2 nitrogen and oxygen atoms in total. The first kappa shape index (κ1) is 14.8. The van der Waals surface area contributed by atoms with Gasteiger partial charge in [-0.1, -0.05) is 58.7 Å². The topological polar surface area (TPSA) is 38.0 Å². The number of benzene rings is 2. The fraction of sp³-hybridized carbons (Fsp3) is 0.333. The van der Waals surface area contributed by atoms with Crippen LogP contribution in [-0.4, -0.2) is 0 Å². The highest BCUT2D eigenvalue weighted by Crippen LogP contribution is 2.37. The molecule has 1 atom stereocenters. The highest BCUT2D eigenvalue weighted by Gasteiger charge is 2.21. The first-order chi connectivity index (χ1) is 10.2. The molecule has 2 aromatic rings. The summed E-state index contributed by atoms with van der Waals surface area (Å²) in [7, 11) is 0. The summed E-state index contributed by atoms with van der Waals surface area (Å²) in [6.07, 6.45) is 4.00. The summed E-state index contributed by atoms with van der Waals surface area (Å²) in [5.74, 6) is 6.58. The molecule has 21 heavy (non-hydrogen) atoms. The van der Waals surface area contributed by atoms with Crippen molar-refractivity contribution in [3.8, 4) is 0 Å². The van der Waals surface area contributed by atoms with Crippen LogP contribution in [-0.2, 0) is 0 Å². The SMILES string of the molecule is Cc1ccc(C(NN)c2cccc(C3CCC3)c2)cc1Br. The van der Waals surface area contributed by atoms with E-state index in [1.807, 2.05) is 0 Å². The normalized spacial score (nSPS) is 16.5. The summed E-state index contributed by atoms with van der Waals surface area (Å²) in [4.78, 5) is 0. The number of rotatable bonds is 4. The standard InChI is InChI=1S/C18H21BrN2/c1-12-8-9-16(11-17(12)19)18(21-20)15-7-3-6-14(10-15)13-4-2-5-13/h3,6-11,13,18,21H,2,4-5,20H2,1H3. The number of nitrogens with two attached hydrogens (primary N) is 1. The fourth-order valence-electron chi connectivity index (χ4n) is 2.91. The molecule has 0 aliphatic heterocycles. The van der Waals surface area contributed by atoms with Crippen molar-refractivity contribution in [2.75, 3.05) is 0 Å². The Balaban J connectivity index is 1.93. The third kappa shape index (κ3) is 3.05. The summed E-state index contributed by atoms with van der Waals surface area (Å²) in [6, 6.07) is 15.3. The fourth-order valence-corrected chi connectivity index (χ4v) is 3.30. The van der Waals surface area contributed by atoms with Crippen molar-refractivity contribution in [3.63, 3.8) is 0 Å². The van der Waals surface area contributed by atoms with Crippen LogP contribution in [0.3, 0.4) is 0 Å². The van der Waals surface area contributed by atoms with Crippen molar-refractivity contribution in [3.05, 3.63) is 69.2 Å². The molecule has 1 fully saturated rings. The lowest BCUT2D eigenvalue weighted by molar-refractivity contribution is 0.419. The average molecular weight is 345 g/mol. The molecule has 0 bridgehead atoms. The molecule has 110 valence electrons. The van der Waals surface area contributed by atoms with Gasteiger partial charge < -0.3 is 0 Å². The number of aryl methyl sites for hydroxylation is 1. The van der Waals surface area contributed by atoms with Crippen molar-refractivity contribution >= 4 is 15.9 Å². The van der Waals surface area contributed by atoms with Crippen LogP contribution < -0.4 is 11.3 Å². The molecule has 0 aromatic heterocycles. The Morgan fingerprint density at radius 2 is 1.90 bits per heavy atom. The number of hydrogen-bond acceptors (Lipinski definition) is 2. The summed E-state index contributed by atoms with van der Waals surface area (Å²) in [5.41, 5.74) is 8.06. The minimum atomic E-state index is 0.0296. The van der Waals surface area contributed by atoms with E-state index in [1.54, 1.807) is 0 Å². The Morgan fingerprint density at radius 3 is 2.52 bits per heavy atom. The van der Waals surface area contributed by atoms with Gasteiger partial charge in [-0.15, -0.1) is 0 Å². The second-order valence-electron chi connectivity index (χ2n) is 5.91. The van der Waals surface area contributed by atoms with Gasteiger partial charge in [-0.2, -0.15) is 0 Å². The zero-order valence-corrected chi connectivity index (χ0v) is 13.9. The van der Waals surface area contributed by atoms with Crippen LogP contribution >= 0.6 is 15.9 Å². The van der Waals surface area contributed by atoms with E-state index in [2.05, 4.69) is 70.7 Å². The van der Waals surface area contributed by atoms with E-state index in [-0.39, 0.29) is 6.04 Å². The molecule has 1 aliphatic carbocycles. The average Bonchev–Trinajstić information content (AvgIpc) is 2.42. The van der Waals surface area contributed by atoms with E-state index >= 15 is 0 Å². The molecule has 3 N–H and O–H groups in total. The molecule has 0 heterocycles. The van der Waals surface area contributed by atoms with Crippen molar-refractivity contribution in [2.24, 2.45) is 5.84 Å². The predicted octanol–water partition coefficient (Wildman–Crippen LogP) is 4.58. The Kier molecular flexibility index (Phi) is 4.43. The monoisotopic (exact) mass is 344 g/mol. The summed E-state index contributed by atoms with van der Waals surface area (Å²) < 4.78 is 1.12. The molecule has 0 amide bonds. The summed E-state index contributed by atoms with van der Waals surface area (Å²) in [5, 5.41) is 0. The maximum absolute atomic E-state index is 5.83. The lowest BCUT2D eigenvalue weighted by Crippen LogP contribution is -2.29. The number of hydrogen-bond donors (Lipinski definition) is 2. The molecular formula is C18H21BrN2. The predicted molar refractivity (Wildman–Crippen MR) is 91.1 cm³/mol. The van der Waals surface area contributed by atoms with E-state index in [0.29, 0.717) is 0 Å². The van der Waals surface area contributed by atoms with Crippen molar-refractivity contribution in [1.29, 1.82) is 0 Å². The highest BCUT2D eigenvalue weighted by molar-refractivity contribution is 9.10. The highest BCUT2D eigenvalue weighted by atomic mass is 79.9.